The lowest BCUT2D eigenvalue weighted by atomic mass is 10.7. The van der Waals surface area contributed by atoms with Gasteiger partial charge in [0.05, 0.1) is 13.1 Å². The molecular formula is C6H16Cl2N2. The van der Waals surface area contributed by atoms with Crippen molar-refractivity contribution in [3.05, 3.63) is 25.3 Å². The molecule has 0 aliphatic rings. The van der Waals surface area contributed by atoms with E-state index in [1.165, 1.54) is 0 Å². The maximum atomic E-state index is 3.49. The smallest absolute Gasteiger partial charge is 0.0924 e. The van der Waals surface area contributed by atoms with Crippen LogP contribution in [0.4, 0.5) is 0 Å². The van der Waals surface area contributed by atoms with Gasteiger partial charge in [-0.05, 0) is 12.2 Å². The summed E-state index contributed by atoms with van der Waals surface area (Å²) in [5.41, 5.74) is 6.97. The van der Waals surface area contributed by atoms with E-state index in [0.717, 1.165) is 13.1 Å². The molecule has 0 aliphatic heterocycles. The predicted molar refractivity (Wildman–Crippen MR) is 35.9 cm³/mol. The van der Waals surface area contributed by atoms with Crippen LogP contribution in [0.3, 0.4) is 0 Å². The van der Waals surface area contributed by atoms with Crippen LogP contribution in [0.2, 0.25) is 0 Å². The summed E-state index contributed by atoms with van der Waals surface area (Å²) in [6.45, 7) is 8.50. The lowest BCUT2D eigenvalue weighted by Gasteiger charge is -1.57. The zero-order valence-corrected chi connectivity index (χ0v) is 7.67. The second-order valence-electron chi connectivity index (χ2n) is 1.15. The van der Waals surface area contributed by atoms with Crippen LogP contribution in [-0.4, -0.2) is 13.1 Å². The first-order chi connectivity index (χ1) is 3.83. The highest BCUT2D eigenvalue weighted by Gasteiger charge is 1.48. The third kappa shape index (κ3) is 99.2. The number of hydrogen-bond acceptors (Lipinski definition) is 0. The second kappa shape index (κ2) is 36.1. The molecule has 2 nitrogen and oxygen atoms in total. The molecule has 0 bridgehead atoms. The van der Waals surface area contributed by atoms with Gasteiger partial charge in [-0.2, -0.15) is 0 Å². The molecule has 0 aromatic carbocycles. The van der Waals surface area contributed by atoms with Gasteiger partial charge in [0, 0.05) is 0 Å². The molecule has 0 aromatic heterocycles. The van der Waals surface area contributed by atoms with Gasteiger partial charge in [0.2, 0.25) is 0 Å². The topological polar surface area (TPSA) is 55.3 Å². The number of rotatable bonds is 2. The third-order valence-electron chi connectivity index (χ3n) is 0.408. The van der Waals surface area contributed by atoms with Gasteiger partial charge in [-0.25, -0.2) is 0 Å². The fraction of sp³-hybridized carbons (Fsp3) is 0.333. The Balaban J connectivity index is -0.0000000300. The molecule has 4 heteroatoms. The third-order valence-corrected chi connectivity index (χ3v) is 0.408. The zero-order valence-electron chi connectivity index (χ0n) is 6.15. The summed E-state index contributed by atoms with van der Waals surface area (Å²) >= 11 is 0. The summed E-state index contributed by atoms with van der Waals surface area (Å²) < 4.78 is 0. The highest BCUT2D eigenvalue weighted by molar-refractivity contribution is 4.60. The lowest BCUT2D eigenvalue weighted by Crippen LogP contribution is -3.00. The molecule has 0 aromatic rings. The van der Waals surface area contributed by atoms with Crippen LogP contribution in [0.1, 0.15) is 0 Å². The van der Waals surface area contributed by atoms with Crippen LogP contribution in [0.25, 0.3) is 0 Å². The number of hydrogen-bond donors (Lipinski definition) is 2. The number of quaternary nitrogens is 2. The Labute approximate surface area is 75.2 Å². The van der Waals surface area contributed by atoms with Gasteiger partial charge in [-0.1, -0.05) is 13.2 Å². The van der Waals surface area contributed by atoms with Crippen LogP contribution in [0, 0.1) is 0 Å². The quantitative estimate of drug-likeness (QED) is 0.404. The lowest BCUT2D eigenvalue weighted by molar-refractivity contribution is -0.353. The standard InChI is InChI=1S/2C3H7N.2ClH/c2*1-2-3-4;;/h2*2H,1,3-4H2;2*1H. The summed E-state index contributed by atoms with van der Waals surface area (Å²) in [7, 11) is 0. The average Bonchev–Trinajstić information content (AvgIpc) is 1.88. The Bertz CT molecular complexity index is 49.7. The summed E-state index contributed by atoms with van der Waals surface area (Å²) in [4.78, 5) is 0. The largest absolute Gasteiger partial charge is 1.00 e. The normalized spacial score (nSPS) is 5.00. The fourth-order valence-corrected chi connectivity index (χ4v) is 0. The molecule has 0 rings (SSSR count). The molecule has 10 heavy (non-hydrogen) atoms. The van der Waals surface area contributed by atoms with Gasteiger partial charge in [-0.15, -0.1) is 0 Å². The van der Waals surface area contributed by atoms with E-state index in [9.17, 15) is 0 Å². The first-order valence-electron chi connectivity index (χ1n) is 2.63. The molecule has 0 atom stereocenters. The van der Waals surface area contributed by atoms with E-state index in [2.05, 4.69) is 24.6 Å². The van der Waals surface area contributed by atoms with Crippen LogP contribution in [0.5, 0.6) is 0 Å². The Kier molecular flexibility index (Phi) is 81.2. The maximum Gasteiger partial charge on any atom is 0.0924 e. The average molecular weight is 187 g/mol. The minimum atomic E-state index is 0. The number of halogens is 2. The van der Waals surface area contributed by atoms with Crippen molar-refractivity contribution in [3.63, 3.8) is 0 Å². The SMILES string of the molecule is C=CC[NH3+].C=CC[NH3+].[Cl-].[Cl-]. The van der Waals surface area contributed by atoms with E-state index in [0.29, 0.717) is 0 Å². The van der Waals surface area contributed by atoms with Crippen molar-refractivity contribution < 1.29 is 36.3 Å². The van der Waals surface area contributed by atoms with Gasteiger partial charge < -0.3 is 36.3 Å². The Hall–Kier alpha value is -0.0200. The van der Waals surface area contributed by atoms with E-state index < -0.39 is 0 Å². The molecule has 0 heterocycles. The van der Waals surface area contributed by atoms with Crippen molar-refractivity contribution in [3.8, 4) is 0 Å². The maximum absolute atomic E-state index is 3.49. The molecule has 64 valence electrons. The van der Waals surface area contributed by atoms with E-state index >= 15 is 0 Å². The Morgan fingerprint density at radius 3 is 1.00 bits per heavy atom. The van der Waals surface area contributed by atoms with Crippen molar-refractivity contribution in [1.29, 1.82) is 0 Å². The molecule has 0 radical (unpaired) electrons. The highest BCUT2D eigenvalue weighted by atomic mass is 35.5. The van der Waals surface area contributed by atoms with Gasteiger partial charge >= 0.3 is 0 Å². The highest BCUT2D eigenvalue weighted by Crippen LogP contribution is 1.37. The first-order valence-corrected chi connectivity index (χ1v) is 2.63. The van der Waals surface area contributed by atoms with Crippen molar-refractivity contribution in [2.75, 3.05) is 13.1 Å². The molecule has 0 fully saturated rings. The van der Waals surface area contributed by atoms with Crippen molar-refractivity contribution in [1.82, 2.24) is 0 Å². The molecule has 0 saturated heterocycles. The Morgan fingerprint density at radius 1 is 0.900 bits per heavy atom. The molecule has 6 N–H and O–H groups in total. The monoisotopic (exact) mass is 186 g/mol. The molecule has 0 aliphatic carbocycles. The molecule has 0 spiro atoms. The van der Waals surface area contributed by atoms with Crippen molar-refractivity contribution >= 4 is 0 Å². The van der Waals surface area contributed by atoms with Gasteiger partial charge in [0.1, 0.15) is 0 Å². The molecule has 0 amide bonds. The minimum absolute atomic E-state index is 0. The van der Waals surface area contributed by atoms with Gasteiger partial charge in [0.25, 0.3) is 0 Å². The van der Waals surface area contributed by atoms with Gasteiger partial charge in [-0.3, -0.25) is 0 Å². The van der Waals surface area contributed by atoms with Crippen LogP contribution in [-0.2, 0) is 0 Å². The van der Waals surface area contributed by atoms with Crippen molar-refractivity contribution in [2.45, 2.75) is 0 Å². The fourth-order valence-electron chi connectivity index (χ4n) is 0. The zero-order chi connectivity index (χ0) is 6.83. The van der Waals surface area contributed by atoms with Crippen LogP contribution in [0.15, 0.2) is 25.3 Å². The van der Waals surface area contributed by atoms with Crippen LogP contribution < -0.4 is 36.3 Å². The van der Waals surface area contributed by atoms with Crippen LogP contribution >= 0.6 is 0 Å². The van der Waals surface area contributed by atoms with Crippen molar-refractivity contribution in [2.24, 2.45) is 0 Å². The first kappa shape index (κ1) is 22.5. The summed E-state index contributed by atoms with van der Waals surface area (Å²) in [5, 5.41) is 0. The second-order valence-corrected chi connectivity index (χ2v) is 1.15. The van der Waals surface area contributed by atoms with E-state index in [4.69, 9.17) is 0 Å². The summed E-state index contributed by atoms with van der Waals surface area (Å²) in [6, 6.07) is 0. The Morgan fingerprint density at radius 2 is 1.00 bits per heavy atom. The van der Waals surface area contributed by atoms with E-state index in [-0.39, 0.29) is 24.8 Å². The molecule has 0 saturated carbocycles. The predicted octanol–water partition coefficient (Wildman–Crippen LogP) is -7.16. The summed E-state index contributed by atoms with van der Waals surface area (Å²) in [5.74, 6) is 0. The summed E-state index contributed by atoms with van der Waals surface area (Å²) in [6.07, 6.45) is 3.53. The van der Waals surface area contributed by atoms with E-state index in [1.54, 1.807) is 12.2 Å². The molecular weight excluding hydrogens is 171 g/mol. The van der Waals surface area contributed by atoms with Gasteiger partial charge in [0.15, 0.2) is 0 Å². The molecule has 0 unspecified atom stereocenters. The minimum Gasteiger partial charge on any atom is -1.00 e. The van der Waals surface area contributed by atoms with E-state index in [1.807, 2.05) is 0 Å².